The summed E-state index contributed by atoms with van der Waals surface area (Å²) in [6, 6.07) is 10.2. The molecule has 176 valence electrons. The van der Waals surface area contributed by atoms with Crippen molar-refractivity contribution in [3.63, 3.8) is 0 Å². The van der Waals surface area contributed by atoms with Crippen LogP contribution in [0, 0.1) is 6.92 Å². The molecule has 2 atom stereocenters. The number of alkyl halides is 3. The number of nitrogens with one attached hydrogen (secondary N) is 2. The second-order valence-corrected chi connectivity index (χ2v) is 8.20. The van der Waals surface area contributed by atoms with E-state index in [2.05, 4.69) is 20.8 Å². The molecule has 0 radical (unpaired) electrons. The molecule has 1 aliphatic rings. The highest BCUT2D eigenvalue weighted by Gasteiger charge is 2.47. The van der Waals surface area contributed by atoms with E-state index in [4.69, 9.17) is 4.42 Å². The second kappa shape index (κ2) is 8.40. The average Bonchev–Trinajstić information content (AvgIpc) is 3.55. The van der Waals surface area contributed by atoms with Crippen LogP contribution in [-0.4, -0.2) is 31.6 Å². The molecule has 5 rings (SSSR count). The lowest BCUT2D eigenvalue weighted by molar-refractivity contribution is -0.174. The highest BCUT2D eigenvalue weighted by Crippen LogP contribution is 2.44. The van der Waals surface area contributed by atoms with Crippen molar-refractivity contribution < 1.29 is 22.4 Å². The molecule has 0 unspecified atom stereocenters. The molecule has 8 nitrogen and oxygen atoms in total. The van der Waals surface area contributed by atoms with Crippen LogP contribution in [0.4, 0.5) is 24.8 Å². The first-order chi connectivity index (χ1) is 16.3. The van der Waals surface area contributed by atoms with E-state index >= 15 is 0 Å². The Hall–Kier alpha value is -4.02. The number of amides is 1. The van der Waals surface area contributed by atoms with Gasteiger partial charge in [0.1, 0.15) is 17.1 Å². The zero-order valence-corrected chi connectivity index (χ0v) is 18.1. The summed E-state index contributed by atoms with van der Waals surface area (Å²) in [5, 5.41) is 13.8. The molecular weight excluding hydrogens is 449 g/mol. The maximum atomic E-state index is 13.8. The standard InChI is InChI=1S/C23H21F3N6O2/c1-14-4-6-15(7-5-14)13-31-9-8-20(30-31)29-22(33)16-12-27-32-19(23(24,25)26)11-17(28-21(16)32)18-3-2-10-34-18/h2-10,12,17,19,28H,11,13H2,1H3,(H,29,30,33)/t17-,19+/m1/s1. The smallest absolute Gasteiger partial charge is 0.410 e. The predicted molar refractivity (Wildman–Crippen MR) is 117 cm³/mol. The van der Waals surface area contributed by atoms with Gasteiger partial charge in [-0.25, -0.2) is 4.68 Å². The van der Waals surface area contributed by atoms with Crippen LogP contribution in [0.5, 0.6) is 0 Å². The highest BCUT2D eigenvalue weighted by atomic mass is 19.4. The Balaban J connectivity index is 1.36. The fourth-order valence-corrected chi connectivity index (χ4v) is 3.99. The van der Waals surface area contributed by atoms with Crippen LogP contribution < -0.4 is 10.6 Å². The number of hydrogen-bond acceptors (Lipinski definition) is 5. The Morgan fingerprint density at radius 3 is 2.74 bits per heavy atom. The van der Waals surface area contributed by atoms with Crippen LogP contribution in [0.25, 0.3) is 0 Å². The molecule has 0 saturated heterocycles. The van der Waals surface area contributed by atoms with Gasteiger partial charge in [-0.2, -0.15) is 23.4 Å². The molecule has 2 N–H and O–H groups in total. The lowest BCUT2D eigenvalue weighted by Crippen LogP contribution is -2.36. The lowest BCUT2D eigenvalue weighted by Gasteiger charge is -2.32. The number of fused-ring (bicyclic) bond motifs is 1. The third-order valence-corrected chi connectivity index (χ3v) is 5.72. The first kappa shape index (κ1) is 21.8. The molecular formula is C23H21F3N6O2. The van der Waals surface area contributed by atoms with Gasteiger partial charge in [-0.1, -0.05) is 29.8 Å². The second-order valence-electron chi connectivity index (χ2n) is 8.20. The Kier molecular flexibility index (Phi) is 5.39. The van der Waals surface area contributed by atoms with Crippen LogP contribution in [-0.2, 0) is 6.54 Å². The number of nitrogens with zero attached hydrogens (tertiary/aromatic N) is 4. The molecule has 4 heterocycles. The molecule has 0 spiro atoms. The lowest BCUT2D eigenvalue weighted by atomic mass is 10.0. The van der Waals surface area contributed by atoms with E-state index in [0.29, 0.717) is 12.3 Å². The molecule has 0 fully saturated rings. The molecule has 1 aliphatic heterocycles. The fraction of sp³-hybridized carbons (Fsp3) is 0.261. The molecule has 0 aliphatic carbocycles. The normalized spacial score (nSPS) is 17.8. The number of carbonyl (C=O) groups excluding carboxylic acids is 1. The number of benzene rings is 1. The third-order valence-electron chi connectivity index (χ3n) is 5.72. The van der Waals surface area contributed by atoms with Gasteiger partial charge in [0.2, 0.25) is 0 Å². The van der Waals surface area contributed by atoms with Crippen molar-refractivity contribution in [2.24, 2.45) is 0 Å². The summed E-state index contributed by atoms with van der Waals surface area (Å²) >= 11 is 0. The van der Waals surface area contributed by atoms with Crippen LogP contribution in [0.2, 0.25) is 0 Å². The molecule has 3 aromatic heterocycles. The molecule has 4 aromatic rings. The summed E-state index contributed by atoms with van der Waals surface area (Å²) in [5.74, 6) is -0.00680. The number of halogens is 3. The molecule has 0 saturated carbocycles. The number of aryl methyl sites for hydroxylation is 1. The van der Waals surface area contributed by atoms with E-state index in [1.54, 1.807) is 29.1 Å². The van der Waals surface area contributed by atoms with Crippen LogP contribution in [0.1, 0.15) is 45.7 Å². The van der Waals surface area contributed by atoms with E-state index in [0.717, 1.165) is 22.0 Å². The zero-order valence-electron chi connectivity index (χ0n) is 18.1. The highest BCUT2D eigenvalue weighted by molar-refractivity contribution is 6.07. The molecule has 11 heteroatoms. The summed E-state index contributed by atoms with van der Waals surface area (Å²) < 4.78 is 49.1. The molecule has 1 amide bonds. The van der Waals surface area contributed by atoms with Crippen LogP contribution >= 0.6 is 0 Å². The number of hydrogen-bond donors (Lipinski definition) is 2. The number of aromatic nitrogens is 4. The third kappa shape index (κ3) is 4.28. The van der Waals surface area contributed by atoms with Crippen LogP contribution in [0.3, 0.4) is 0 Å². The van der Waals surface area contributed by atoms with E-state index in [-0.39, 0.29) is 23.6 Å². The van der Waals surface area contributed by atoms with Gasteiger partial charge in [-0.3, -0.25) is 9.48 Å². The van der Waals surface area contributed by atoms with Gasteiger partial charge >= 0.3 is 6.18 Å². The number of anilines is 2. The molecule has 34 heavy (non-hydrogen) atoms. The Bertz CT molecular complexity index is 1290. The maximum absolute atomic E-state index is 13.8. The summed E-state index contributed by atoms with van der Waals surface area (Å²) in [6.45, 7) is 2.52. The monoisotopic (exact) mass is 470 g/mol. The summed E-state index contributed by atoms with van der Waals surface area (Å²) in [7, 11) is 0. The van der Waals surface area contributed by atoms with Gasteiger partial charge in [0.15, 0.2) is 11.9 Å². The minimum atomic E-state index is -4.55. The SMILES string of the molecule is Cc1ccc(Cn2ccc(NC(=O)c3cnn4c3N[C@@H](c3ccco3)C[C@H]4C(F)(F)F)n2)cc1. The number of carbonyl (C=O) groups is 1. The van der Waals surface area contributed by atoms with E-state index < -0.39 is 24.2 Å². The topological polar surface area (TPSA) is 89.9 Å². The van der Waals surface area contributed by atoms with Crippen molar-refractivity contribution in [2.45, 2.75) is 38.1 Å². The summed E-state index contributed by atoms with van der Waals surface area (Å²) in [6.07, 6.45) is -0.615. The fourth-order valence-electron chi connectivity index (χ4n) is 3.99. The van der Waals surface area contributed by atoms with E-state index in [1.807, 2.05) is 31.2 Å². The van der Waals surface area contributed by atoms with Gasteiger partial charge in [-0.05, 0) is 24.6 Å². The van der Waals surface area contributed by atoms with E-state index in [1.165, 1.54) is 6.26 Å². The number of rotatable bonds is 5. The summed E-state index contributed by atoms with van der Waals surface area (Å²) in [4.78, 5) is 12.9. The minimum absolute atomic E-state index is 0.0152. The van der Waals surface area contributed by atoms with Crippen molar-refractivity contribution in [1.29, 1.82) is 0 Å². The first-order valence-electron chi connectivity index (χ1n) is 10.6. The maximum Gasteiger partial charge on any atom is 0.410 e. The predicted octanol–water partition coefficient (Wildman–Crippen LogP) is 4.94. The van der Waals surface area contributed by atoms with Crippen molar-refractivity contribution in [3.05, 3.63) is 83.6 Å². The average molecular weight is 470 g/mol. The first-order valence-corrected chi connectivity index (χ1v) is 10.6. The minimum Gasteiger partial charge on any atom is -0.467 e. The molecule has 0 bridgehead atoms. The Morgan fingerprint density at radius 2 is 2.03 bits per heavy atom. The number of furan rings is 1. The van der Waals surface area contributed by atoms with Gasteiger partial charge in [0, 0.05) is 18.7 Å². The summed E-state index contributed by atoms with van der Waals surface area (Å²) in [5.41, 5.74) is 2.18. The van der Waals surface area contributed by atoms with E-state index in [9.17, 15) is 18.0 Å². The van der Waals surface area contributed by atoms with Crippen LogP contribution in [0.15, 0.2) is 65.5 Å². The van der Waals surface area contributed by atoms with Gasteiger partial charge in [0.25, 0.3) is 5.91 Å². The largest absolute Gasteiger partial charge is 0.467 e. The quantitative estimate of drug-likeness (QED) is 0.431. The Labute approximate surface area is 192 Å². The Morgan fingerprint density at radius 1 is 1.24 bits per heavy atom. The van der Waals surface area contributed by atoms with Gasteiger partial charge < -0.3 is 15.1 Å². The van der Waals surface area contributed by atoms with Crippen molar-refractivity contribution >= 4 is 17.5 Å². The molecule has 1 aromatic carbocycles. The van der Waals surface area contributed by atoms with Crippen molar-refractivity contribution in [1.82, 2.24) is 19.6 Å². The van der Waals surface area contributed by atoms with Gasteiger partial charge in [-0.15, -0.1) is 0 Å². The van der Waals surface area contributed by atoms with Crippen molar-refractivity contribution in [2.75, 3.05) is 10.6 Å². The van der Waals surface area contributed by atoms with Gasteiger partial charge in [0.05, 0.1) is 25.0 Å². The van der Waals surface area contributed by atoms with Crippen molar-refractivity contribution in [3.8, 4) is 0 Å². The zero-order chi connectivity index (χ0) is 23.9.